The predicted molar refractivity (Wildman–Crippen MR) is 106 cm³/mol. The SMILES string of the molecule is COC(CN1C(=O)c2[nH]nc(-c3ccc(F)cc3)c2C1c1ccc(C)cc1)OC. The molecule has 0 spiro atoms. The van der Waals surface area contributed by atoms with E-state index in [2.05, 4.69) is 10.2 Å². The lowest BCUT2D eigenvalue weighted by atomic mass is 9.95. The number of ether oxygens (including phenoxy) is 2. The number of methoxy groups -OCH3 is 2. The molecular weight excluding hydrogens is 373 g/mol. The van der Waals surface area contributed by atoms with E-state index in [1.54, 1.807) is 31.3 Å². The number of H-pyrrole nitrogens is 1. The highest BCUT2D eigenvalue weighted by Crippen LogP contribution is 2.42. The topological polar surface area (TPSA) is 67.5 Å². The molecule has 0 saturated heterocycles. The summed E-state index contributed by atoms with van der Waals surface area (Å²) in [6.07, 6.45) is -0.557. The fraction of sp³-hybridized carbons (Fsp3) is 0.273. The minimum atomic E-state index is -0.557. The van der Waals surface area contributed by atoms with Gasteiger partial charge in [-0.2, -0.15) is 5.10 Å². The Kier molecular flexibility index (Phi) is 5.17. The summed E-state index contributed by atoms with van der Waals surface area (Å²) in [7, 11) is 3.08. The molecule has 1 amide bonds. The van der Waals surface area contributed by atoms with E-state index in [4.69, 9.17) is 9.47 Å². The van der Waals surface area contributed by atoms with Crippen LogP contribution >= 0.6 is 0 Å². The van der Waals surface area contributed by atoms with Gasteiger partial charge in [0.2, 0.25) is 0 Å². The first-order valence-electron chi connectivity index (χ1n) is 9.30. The molecule has 0 bridgehead atoms. The second kappa shape index (κ2) is 7.77. The Hall–Kier alpha value is -3.03. The molecule has 6 nitrogen and oxygen atoms in total. The van der Waals surface area contributed by atoms with Crippen LogP contribution in [0.15, 0.2) is 48.5 Å². The number of aryl methyl sites for hydroxylation is 1. The number of halogens is 1. The smallest absolute Gasteiger partial charge is 0.273 e. The van der Waals surface area contributed by atoms with Gasteiger partial charge >= 0.3 is 0 Å². The third-order valence-electron chi connectivity index (χ3n) is 5.25. The van der Waals surface area contributed by atoms with Crippen molar-refractivity contribution < 1.29 is 18.7 Å². The number of nitrogens with zero attached hydrogens (tertiary/aromatic N) is 2. The van der Waals surface area contributed by atoms with E-state index in [1.165, 1.54) is 12.1 Å². The third kappa shape index (κ3) is 3.43. The van der Waals surface area contributed by atoms with Crippen LogP contribution in [0.25, 0.3) is 11.3 Å². The number of carbonyl (C=O) groups excluding carboxylic acids is 1. The number of rotatable bonds is 6. The molecule has 1 aromatic heterocycles. The Labute approximate surface area is 168 Å². The maximum absolute atomic E-state index is 13.4. The summed E-state index contributed by atoms with van der Waals surface area (Å²) in [5.41, 5.74) is 4.66. The van der Waals surface area contributed by atoms with Crippen LogP contribution in [0, 0.1) is 12.7 Å². The number of aromatic amines is 1. The van der Waals surface area contributed by atoms with Crippen molar-refractivity contribution in [3.05, 3.63) is 76.7 Å². The first-order chi connectivity index (χ1) is 14.0. The van der Waals surface area contributed by atoms with Crippen molar-refractivity contribution in [2.75, 3.05) is 20.8 Å². The predicted octanol–water partition coefficient (Wildman–Crippen LogP) is 3.69. The quantitative estimate of drug-likeness (QED) is 0.647. The molecule has 0 saturated carbocycles. The molecule has 1 unspecified atom stereocenters. The lowest BCUT2D eigenvalue weighted by molar-refractivity contribution is -0.113. The summed E-state index contributed by atoms with van der Waals surface area (Å²) in [5, 5.41) is 7.26. The molecule has 1 aliphatic rings. The van der Waals surface area contributed by atoms with Crippen molar-refractivity contribution in [1.29, 1.82) is 0 Å². The van der Waals surface area contributed by atoms with Crippen LogP contribution in [0.3, 0.4) is 0 Å². The number of carbonyl (C=O) groups is 1. The minimum absolute atomic E-state index is 0.175. The van der Waals surface area contributed by atoms with Gasteiger partial charge in [-0.25, -0.2) is 4.39 Å². The highest BCUT2D eigenvalue weighted by atomic mass is 19.1. The van der Waals surface area contributed by atoms with E-state index in [9.17, 15) is 9.18 Å². The average molecular weight is 395 g/mol. The molecule has 29 heavy (non-hydrogen) atoms. The largest absolute Gasteiger partial charge is 0.354 e. The normalized spacial score (nSPS) is 16.0. The van der Waals surface area contributed by atoms with Crippen molar-refractivity contribution in [3.8, 4) is 11.3 Å². The Bertz CT molecular complexity index is 1010. The van der Waals surface area contributed by atoms with E-state index >= 15 is 0 Å². The Morgan fingerprint density at radius 1 is 1.10 bits per heavy atom. The van der Waals surface area contributed by atoms with Gasteiger partial charge < -0.3 is 14.4 Å². The van der Waals surface area contributed by atoms with Gasteiger partial charge in [-0.1, -0.05) is 29.8 Å². The molecule has 150 valence electrons. The zero-order chi connectivity index (χ0) is 20.5. The third-order valence-corrected chi connectivity index (χ3v) is 5.25. The summed E-state index contributed by atoms with van der Waals surface area (Å²) in [6, 6.07) is 13.8. The lowest BCUT2D eigenvalue weighted by Gasteiger charge is -2.29. The molecule has 1 aliphatic heterocycles. The lowest BCUT2D eigenvalue weighted by Crippen LogP contribution is -2.38. The van der Waals surface area contributed by atoms with Crippen molar-refractivity contribution in [2.24, 2.45) is 0 Å². The standard InChI is InChI=1S/C22H22FN3O3/c1-13-4-6-15(7-5-13)21-18-19(14-8-10-16(23)11-9-14)24-25-20(18)22(27)26(21)12-17(28-2)29-3/h4-11,17,21H,12H2,1-3H3,(H,24,25). The molecule has 3 aromatic rings. The van der Waals surface area contributed by atoms with E-state index in [-0.39, 0.29) is 24.3 Å². The Morgan fingerprint density at radius 2 is 1.76 bits per heavy atom. The number of aromatic nitrogens is 2. The van der Waals surface area contributed by atoms with E-state index < -0.39 is 6.29 Å². The van der Waals surface area contributed by atoms with E-state index in [1.807, 2.05) is 31.2 Å². The van der Waals surface area contributed by atoms with Crippen LogP contribution in [0.4, 0.5) is 4.39 Å². The second-order valence-corrected chi connectivity index (χ2v) is 7.04. The van der Waals surface area contributed by atoms with Gasteiger partial charge in [0.15, 0.2) is 6.29 Å². The molecule has 2 aromatic carbocycles. The summed E-state index contributed by atoms with van der Waals surface area (Å²) in [4.78, 5) is 14.9. The van der Waals surface area contributed by atoms with Gasteiger partial charge in [0.25, 0.3) is 5.91 Å². The highest BCUT2D eigenvalue weighted by Gasteiger charge is 2.43. The number of fused-ring (bicyclic) bond motifs is 1. The van der Waals surface area contributed by atoms with E-state index in [0.717, 1.165) is 22.3 Å². The first kappa shape index (κ1) is 19.3. The van der Waals surface area contributed by atoms with Crippen LogP contribution in [-0.2, 0) is 9.47 Å². The maximum Gasteiger partial charge on any atom is 0.273 e. The second-order valence-electron chi connectivity index (χ2n) is 7.04. The molecule has 2 heterocycles. The van der Waals surface area contributed by atoms with Crippen molar-refractivity contribution in [3.63, 3.8) is 0 Å². The van der Waals surface area contributed by atoms with Crippen molar-refractivity contribution in [1.82, 2.24) is 15.1 Å². The van der Waals surface area contributed by atoms with Crippen LogP contribution in [0.1, 0.15) is 33.2 Å². The summed E-state index contributed by atoms with van der Waals surface area (Å²) in [5.74, 6) is -0.498. The highest BCUT2D eigenvalue weighted by molar-refractivity contribution is 6.00. The van der Waals surface area contributed by atoms with E-state index in [0.29, 0.717) is 11.4 Å². The number of benzene rings is 2. The maximum atomic E-state index is 13.4. The molecule has 4 rings (SSSR count). The van der Waals surface area contributed by atoms with Crippen LogP contribution in [0.2, 0.25) is 0 Å². The molecule has 7 heteroatoms. The zero-order valence-electron chi connectivity index (χ0n) is 16.5. The van der Waals surface area contributed by atoms with Crippen molar-refractivity contribution in [2.45, 2.75) is 19.3 Å². The number of hydrogen-bond donors (Lipinski definition) is 1. The van der Waals surface area contributed by atoms with Gasteiger partial charge in [-0.15, -0.1) is 0 Å². The molecule has 0 aliphatic carbocycles. The van der Waals surface area contributed by atoms with Gasteiger partial charge in [0, 0.05) is 25.3 Å². The first-order valence-corrected chi connectivity index (χ1v) is 9.30. The van der Waals surface area contributed by atoms with Crippen LogP contribution in [-0.4, -0.2) is 48.1 Å². The minimum Gasteiger partial charge on any atom is -0.354 e. The van der Waals surface area contributed by atoms with Crippen LogP contribution < -0.4 is 0 Å². The Morgan fingerprint density at radius 3 is 2.38 bits per heavy atom. The number of amides is 1. The Balaban J connectivity index is 1.84. The van der Waals surface area contributed by atoms with Gasteiger partial charge in [-0.3, -0.25) is 9.89 Å². The summed E-state index contributed by atoms with van der Waals surface area (Å²) >= 11 is 0. The average Bonchev–Trinajstić information content (AvgIpc) is 3.27. The van der Waals surface area contributed by atoms with Gasteiger partial charge in [0.05, 0.1) is 18.3 Å². The van der Waals surface area contributed by atoms with Gasteiger partial charge in [0.1, 0.15) is 11.5 Å². The molecule has 1 N–H and O–H groups in total. The summed E-state index contributed by atoms with van der Waals surface area (Å²) in [6.45, 7) is 2.27. The van der Waals surface area contributed by atoms with Crippen molar-refractivity contribution >= 4 is 5.91 Å². The monoisotopic (exact) mass is 395 g/mol. The van der Waals surface area contributed by atoms with Gasteiger partial charge in [-0.05, 0) is 36.8 Å². The van der Waals surface area contributed by atoms with Crippen LogP contribution in [0.5, 0.6) is 0 Å². The summed E-state index contributed by atoms with van der Waals surface area (Å²) < 4.78 is 24.1. The molecule has 0 fully saturated rings. The number of hydrogen-bond acceptors (Lipinski definition) is 4. The molecule has 0 radical (unpaired) electrons. The molecule has 1 atom stereocenters. The fourth-order valence-electron chi connectivity index (χ4n) is 3.71. The number of nitrogens with one attached hydrogen (secondary N) is 1. The molecular formula is C22H22FN3O3. The fourth-order valence-corrected chi connectivity index (χ4v) is 3.71. The zero-order valence-corrected chi connectivity index (χ0v) is 16.5.